The molecule has 1 fully saturated rings. The molecule has 206 valence electrons. The van der Waals surface area contributed by atoms with Crippen LogP contribution in [0.3, 0.4) is 0 Å². The van der Waals surface area contributed by atoms with E-state index in [1.807, 2.05) is 29.2 Å². The molecule has 0 aliphatic carbocycles. The number of hydrogen-bond acceptors (Lipinski definition) is 5. The molecule has 2 aromatic carbocycles. The molecule has 0 saturated carbocycles. The van der Waals surface area contributed by atoms with Crippen molar-refractivity contribution in [2.24, 2.45) is 0 Å². The van der Waals surface area contributed by atoms with Crippen LogP contribution in [0.5, 0.6) is 0 Å². The van der Waals surface area contributed by atoms with Crippen LogP contribution in [0.1, 0.15) is 78.9 Å². The number of ether oxygens (including phenoxy) is 1. The van der Waals surface area contributed by atoms with Gasteiger partial charge in [0.2, 0.25) is 0 Å². The first kappa shape index (κ1) is 28.3. The molecule has 1 saturated heterocycles. The molecule has 2 aromatic rings. The van der Waals surface area contributed by atoms with Gasteiger partial charge in [0.05, 0.1) is 6.04 Å². The average molecular weight is 521 g/mol. The van der Waals surface area contributed by atoms with E-state index in [4.69, 9.17) is 4.74 Å². The Labute approximate surface area is 227 Å². The van der Waals surface area contributed by atoms with Crippen LogP contribution in [0.4, 0.5) is 5.69 Å². The summed E-state index contributed by atoms with van der Waals surface area (Å²) < 4.78 is 5.17. The van der Waals surface area contributed by atoms with Gasteiger partial charge >= 0.3 is 0 Å². The number of amides is 2. The maximum atomic E-state index is 13.4. The predicted octanol–water partition coefficient (Wildman–Crippen LogP) is 4.68. The first-order valence-electron chi connectivity index (χ1n) is 14.4. The van der Waals surface area contributed by atoms with Gasteiger partial charge < -0.3 is 20.3 Å². The standard InChI is InChI=1S/C31H44N4O3/c1-38-24-30(36)35-20-12-4-2-3-9-17-32-22-27-21-26(15-16-28(27)35)31(37)33-23-29(25-13-7-5-8-14-25)34-18-10-6-11-19-34/h5,7-8,13-16,21,29,32H,2-4,6,9-12,17-20,22-24H2,1H3,(H,33,37). The number of nitrogens with zero attached hydrogens (tertiary/aromatic N) is 2. The van der Waals surface area contributed by atoms with Crippen molar-refractivity contribution in [3.8, 4) is 0 Å². The normalized spacial score (nSPS) is 18.5. The predicted molar refractivity (Wildman–Crippen MR) is 152 cm³/mol. The van der Waals surface area contributed by atoms with E-state index < -0.39 is 0 Å². The lowest BCUT2D eigenvalue weighted by Gasteiger charge is -2.35. The number of anilines is 1. The Bertz CT molecular complexity index is 1020. The first-order chi connectivity index (χ1) is 18.7. The summed E-state index contributed by atoms with van der Waals surface area (Å²) in [6.07, 6.45) is 9.25. The number of likely N-dealkylation sites (tertiary alicyclic amines) is 1. The van der Waals surface area contributed by atoms with Gasteiger partial charge in [0.1, 0.15) is 6.61 Å². The maximum Gasteiger partial charge on any atom is 0.252 e. The van der Waals surface area contributed by atoms with E-state index >= 15 is 0 Å². The van der Waals surface area contributed by atoms with Crippen molar-refractivity contribution in [2.45, 2.75) is 64.0 Å². The van der Waals surface area contributed by atoms with Crippen molar-refractivity contribution in [1.29, 1.82) is 0 Å². The molecule has 2 aliphatic heterocycles. The number of fused-ring (bicyclic) bond motifs is 1. The summed E-state index contributed by atoms with van der Waals surface area (Å²) in [5.41, 5.74) is 3.70. The Morgan fingerprint density at radius 2 is 1.63 bits per heavy atom. The van der Waals surface area contributed by atoms with Gasteiger partial charge in [-0.3, -0.25) is 14.5 Å². The minimum Gasteiger partial charge on any atom is -0.375 e. The monoisotopic (exact) mass is 520 g/mol. The summed E-state index contributed by atoms with van der Waals surface area (Å²) in [6.45, 7) is 4.94. The molecule has 0 aromatic heterocycles. The molecule has 2 heterocycles. The summed E-state index contributed by atoms with van der Waals surface area (Å²) in [4.78, 5) is 30.7. The third-order valence-corrected chi connectivity index (χ3v) is 7.72. The second-order valence-corrected chi connectivity index (χ2v) is 10.5. The van der Waals surface area contributed by atoms with E-state index in [2.05, 4.69) is 39.8 Å². The Balaban J connectivity index is 1.52. The Morgan fingerprint density at radius 1 is 0.921 bits per heavy atom. The van der Waals surface area contributed by atoms with Gasteiger partial charge in [-0.05, 0) is 74.6 Å². The number of rotatable bonds is 7. The lowest BCUT2D eigenvalue weighted by atomic mass is 10.0. The quantitative estimate of drug-likeness (QED) is 0.555. The zero-order valence-electron chi connectivity index (χ0n) is 22.9. The Kier molecular flexibility index (Phi) is 11.2. The summed E-state index contributed by atoms with van der Waals surface area (Å²) >= 11 is 0. The van der Waals surface area contributed by atoms with Gasteiger partial charge in [-0.25, -0.2) is 0 Å². The molecule has 0 bridgehead atoms. The number of carbonyl (C=O) groups is 2. The van der Waals surface area contributed by atoms with Crippen LogP contribution in [0.25, 0.3) is 0 Å². The van der Waals surface area contributed by atoms with Crippen LogP contribution in [-0.4, -0.2) is 63.2 Å². The van der Waals surface area contributed by atoms with Crippen molar-refractivity contribution >= 4 is 17.5 Å². The van der Waals surface area contributed by atoms with Gasteiger partial charge in [0, 0.05) is 38.0 Å². The fourth-order valence-electron chi connectivity index (χ4n) is 5.64. The summed E-state index contributed by atoms with van der Waals surface area (Å²) in [5, 5.41) is 6.75. The molecule has 2 aliphatic rings. The second kappa shape index (κ2) is 15.0. The van der Waals surface area contributed by atoms with Crippen LogP contribution in [-0.2, 0) is 16.1 Å². The fourth-order valence-corrected chi connectivity index (χ4v) is 5.64. The van der Waals surface area contributed by atoms with Gasteiger partial charge in [-0.2, -0.15) is 0 Å². The van der Waals surface area contributed by atoms with E-state index in [1.165, 1.54) is 37.7 Å². The van der Waals surface area contributed by atoms with E-state index in [0.29, 0.717) is 25.2 Å². The van der Waals surface area contributed by atoms with Gasteiger partial charge in [0.15, 0.2) is 0 Å². The number of piperidine rings is 1. The number of nitrogens with one attached hydrogen (secondary N) is 2. The Morgan fingerprint density at radius 3 is 2.42 bits per heavy atom. The highest BCUT2D eigenvalue weighted by atomic mass is 16.5. The van der Waals surface area contributed by atoms with Crippen LogP contribution >= 0.6 is 0 Å². The average Bonchev–Trinajstić information content (AvgIpc) is 2.94. The van der Waals surface area contributed by atoms with E-state index in [9.17, 15) is 9.59 Å². The van der Waals surface area contributed by atoms with Crippen molar-refractivity contribution < 1.29 is 14.3 Å². The van der Waals surface area contributed by atoms with Crippen LogP contribution in [0, 0.1) is 0 Å². The van der Waals surface area contributed by atoms with Gasteiger partial charge in [-0.1, -0.05) is 56.0 Å². The zero-order chi connectivity index (χ0) is 26.6. The number of methoxy groups -OCH3 is 1. The molecule has 1 atom stereocenters. The topological polar surface area (TPSA) is 73.9 Å². The Hall–Kier alpha value is -2.74. The molecular formula is C31H44N4O3. The van der Waals surface area contributed by atoms with Crippen molar-refractivity contribution in [3.05, 3.63) is 65.2 Å². The highest BCUT2D eigenvalue weighted by Gasteiger charge is 2.24. The highest BCUT2D eigenvalue weighted by Crippen LogP contribution is 2.26. The smallest absolute Gasteiger partial charge is 0.252 e. The third-order valence-electron chi connectivity index (χ3n) is 7.72. The largest absolute Gasteiger partial charge is 0.375 e. The molecule has 0 radical (unpaired) electrons. The minimum atomic E-state index is -0.0772. The summed E-state index contributed by atoms with van der Waals surface area (Å²) in [5.74, 6) is -0.123. The molecule has 7 nitrogen and oxygen atoms in total. The molecule has 0 spiro atoms. The molecule has 4 rings (SSSR count). The molecule has 2 amide bonds. The SMILES string of the molecule is COCC(=O)N1CCCCCCCNCc2cc(C(=O)NCC(c3ccccc3)N3CCCCC3)ccc21. The van der Waals surface area contributed by atoms with E-state index in [1.54, 1.807) is 7.11 Å². The zero-order valence-corrected chi connectivity index (χ0v) is 22.9. The summed E-state index contributed by atoms with van der Waals surface area (Å²) in [6, 6.07) is 16.4. The summed E-state index contributed by atoms with van der Waals surface area (Å²) in [7, 11) is 1.55. The van der Waals surface area contributed by atoms with Crippen LogP contribution in [0.15, 0.2) is 48.5 Å². The molecule has 7 heteroatoms. The molecule has 38 heavy (non-hydrogen) atoms. The number of hydrogen-bond donors (Lipinski definition) is 2. The number of carbonyl (C=O) groups excluding carboxylic acids is 2. The van der Waals surface area contributed by atoms with Crippen molar-refractivity contribution in [2.75, 3.05) is 51.3 Å². The van der Waals surface area contributed by atoms with Gasteiger partial charge in [0.25, 0.3) is 11.8 Å². The van der Waals surface area contributed by atoms with Crippen molar-refractivity contribution in [3.63, 3.8) is 0 Å². The molecular weight excluding hydrogens is 476 g/mol. The van der Waals surface area contributed by atoms with E-state index in [-0.39, 0.29) is 24.5 Å². The molecule has 1 unspecified atom stereocenters. The first-order valence-corrected chi connectivity index (χ1v) is 14.4. The maximum absolute atomic E-state index is 13.4. The number of benzene rings is 2. The lowest BCUT2D eigenvalue weighted by Crippen LogP contribution is -2.40. The van der Waals surface area contributed by atoms with E-state index in [0.717, 1.165) is 50.1 Å². The fraction of sp³-hybridized carbons (Fsp3) is 0.548. The van der Waals surface area contributed by atoms with Crippen LogP contribution < -0.4 is 15.5 Å². The molecule has 2 N–H and O–H groups in total. The second-order valence-electron chi connectivity index (χ2n) is 10.5. The highest BCUT2D eigenvalue weighted by molar-refractivity contribution is 5.98. The van der Waals surface area contributed by atoms with Crippen molar-refractivity contribution in [1.82, 2.24) is 15.5 Å². The lowest BCUT2D eigenvalue weighted by molar-refractivity contribution is -0.122. The third kappa shape index (κ3) is 7.88. The minimum absolute atomic E-state index is 0.0461. The van der Waals surface area contributed by atoms with Crippen LogP contribution in [0.2, 0.25) is 0 Å². The van der Waals surface area contributed by atoms with Gasteiger partial charge in [-0.15, -0.1) is 0 Å².